The monoisotopic (exact) mass is 1420 g/mol. The number of benzene rings is 1. The Bertz CT molecular complexity index is 2940. The van der Waals surface area contributed by atoms with E-state index in [1.165, 1.54) is 31.4 Å². The van der Waals surface area contributed by atoms with Gasteiger partial charge in [-0.1, -0.05) is 71.9 Å². The summed E-state index contributed by atoms with van der Waals surface area (Å²) in [7, 11) is 1.42. The van der Waals surface area contributed by atoms with Crippen LogP contribution in [0.4, 0.5) is 0 Å². The van der Waals surface area contributed by atoms with Crippen molar-refractivity contribution in [2.75, 3.05) is 7.11 Å². The first-order valence-electron chi connectivity index (χ1n) is 36.1. The molecular weight excluding hydrogens is 1300 g/mol. The second-order valence-corrected chi connectivity index (χ2v) is 30.1. The number of epoxide rings is 1. The first-order valence-corrected chi connectivity index (χ1v) is 36.1. The summed E-state index contributed by atoms with van der Waals surface area (Å²) in [5.74, 6) is -7.73. The molecule has 25 nitrogen and oxygen atoms in total. The standard InChI is InChI=1S/C75H116O25/c1-36-17-24-62(84)99-69(43(8)70-71(100-70)58(82)34-51(78)31-50(77)32-52(93-12)28-48-30-59(83)72(89)75(92,35-48)73(90)66(86)37(2)15-13-14-16-49(76)33-57(36)81)41(6)68(88)40(5)67(87)39(4)44(9)94-63-25-22-60(45(10)95-63)97-64-26-23-61(46(11)96-64)98-74(91)42(7)65(85)38(3)27-47-18-19-53-54(29-47)56(80)21-20-55(53)79/h14,16-21,24,27,29,36-37,39-46,48-52,57-61,63-73,76-78,81-83,85-90,92H,13,15,22-23,25-26,28,30-35H2,1-12H3/b16-14+,24-17+,38-27+/t36-,37+,39-,40+,41-,42?,43-,44+,45?,46?,48-,49+,50-,51-,52+,57-,58-,59+,60?,61?,63?,64?,65?,66-,67-,68-,69?,70?,71-,72-,73-,75-/m0/s1. The number of cyclic esters (lactones) is 1. The molecule has 1 aromatic rings. The van der Waals surface area contributed by atoms with Crippen molar-refractivity contribution in [2.24, 2.45) is 47.3 Å². The summed E-state index contributed by atoms with van der Waals surface area (Å²) in [4.78, 5) is 51.9. The van der Waals surface area contributed by atoms with Gasteiger partial charge in [0.1, 0.15) is 36.1 Å². The minimum Gasteiger partial charge on any atom is -0.459 e. The van der Waals surface area contributed by atoms with E-state index < -0.39 is 200 Å². The zero-order valence-corrected chi connectivity index (χ0v) is 60.1. The molecule has 0 amide bonds. The fourth-order valence-electron chi connectivity index (χ4n) is 15.2. The predicted octanol–water partition coefficient (Wildman–Crippen LogP) is 4.25. The molecule has 32 atom stereocenters. The van der Waals surface area contributed by atoms with Crippen LogP contribution in [-0.2, 0) is 47.5 Å². The van der Waals surface area contributed by atoms with Crippen LogP contribution in [0.15, 0.2) is 60.2 Å². The molecule has 4 aliphatic heterocycles. The van der Waals surface area contributed by atoms with Crippen molar-refractivity contribution in [1.29, 1.82) is 0 Å². The summed E-state index contributed by atoms with van der Waals surface area (Å²) in [5, 5.41) is 147. The minimum absolute atomic E-state index is 0.00135. The van der Waals surface area contributed by atoms with Crippen LogP contribution in [0.1, 0.15) is 186 Å². The highest BCUT2D eigenvalue weighted by molar-refractivity contribution is 6.22. The van der Waals surface area contributed by atoms with Crippen LogP contribution in [0, 0.1) is 47.3 Å². The van der Waals surface area contributed by atoms with E-state index in [0.717, 1.165) is 6.08 Å². The zero-order valence-electron chi connectivity index (χ0n) is 60.1. The molecule has 1 saturated carbocycles. The van der Waals surface area contributed by atoms with Gasteiger partial charge in [-0.05, 0) is 140 Å². The molecule has 2 aliphatic carbocycles. The average Bonchev–Trinajstić information content (AvgIpc) is 1.27. The van der Waals surface area contributed by atoms with E-state index in [9.17, 15) is 85.6 Å². The third-order valence-electron chi connectivity index (χ3n) is 22.2. The molecule has 0 spiro atoms. The maximum atomic E-state index is 13.8. The number of hydrogen-bond donors (Lipinski definition) is 13. The number of rotatable bonds is 16. The first kappa shape index (κ1) is 83.0. The fraction of sp³-hybridized carbons (Fsp3) is 0.760. The molecule has 1 aromatic carbocycles. The van der Waals surface area contributed by atoms with E-state index in [1.807, 2.05) is 6.92 Å². The SMILES string of the molecule is CO[C@H]1C[C@@H](O)C[C@H](O)C[C@H](O)[C@@H]2OC2[C@@H](C)C([C@@H](C)[C@@H](O)[C@H](C)[C@@H](O)[C@@H](C)[C@@H](C)OC2CCC(OC3CCC(OC(=O)C(C)C(O)/C(C)=C/c4ccc5c(c4)C(=O)C=CC5=O)C(C)O3)C(C)O2)OC(=O)/C=C/[C@H](C)[C@@H](O)C[C@H](O)/C=C/CC[C@@H](C)[C@H](O)[C@H](O)[C@]2(O)C[C@@H](C1)C[C@@H](O)[C@@H]2O. The number of ether oxygens (including phenoxy) is 8. The third kappa shape index (κ3) is 21.7. The molecule has 25 heteroatoms. The lowest BCUT2D eigenvalue weighted by Crippen LogP contribution is -2.64. The summed E-state index contributed by atoms with van der Waals surface area (Å²) in [6, 6.07) is 4.83. The lowest BCUT2D eigenvalue weighted by atomic mass is 9.68. The number of hydrogen-bond acceptors (Lipinski definition) is 25. The smallest absolute Gasteiger partial charge is 0.330 e. The Kier molecular flexibility index (Phi) is 30.8. The van der Waals surface area contributed by atoms with E-state index >= 15 is 0 Å². The van der Waals surface area contributed by atoms with Crippen molar-refractivity contribution in [3.05, 3.63) is 76.9 Å². The van der Waals surface area contributed by atoms with Gasteiger partial charge < -0.3 is 104 Å². The Morgan fingerprint density at radius 3 is 1.97 bits per heavy atom. The number of fused-ring (bicyclic) bond motifs is 4. The molecule has 566 valence electrons. The van der Waals surface area contributed by atoms with Crippen LogP contribution >= 0.6 is 0 Å². The minimum atomic E-state index is -2.31. The van der Waals surface area contributed by atoms with Crippen molar-refractivity contribution < 1.29 is 123 Å². The van der Waals surface area contributed by atoms with Gasteiger partial charge in [-0.3, -0.25) is 14.4 Å². The topological polar surface area (TPSA) is 408 Å². The van der Waals surface area contributed by atoms with Gasteiger partial charge in [0.05, 0.1) is 104 Å². The number of allylic oxidation sites excluding steroid dienone is 3. The first-order chi connectivity index (χ1) is 47.0. The Labute approximate surface area is 588 Å². The summed E-state index contributed by atoms with van der Waals surface area (Å²) in [6.45, 7) is 18.9. The second kappa shape index (κ2) is 37.1. The molecule has 0 radical (unpaired) electrons. The summed E-state index contributed by atoms with van der Waals surface area (Å²) in [6.07, 6.45) is -11.7. The van der Waals surface area contributed by atoms with Crippen molar-refractivity contribution in [2.45, 2.75) is 306 Å². The van der Waals surface area contributed by atoms with Gasteiger partial charge >= 0.3 is 11.9 Å². The fourth-order valence-corrected chi connectivity index (χ4v) is 15.2. The highest BCUT2D eigenvalue weighted by Crippen LogP contribution is 2.43. The molecule has 13 N–H and O–H groups in total. The number of esters is 2. The van der Waals surface area contributed by atoms with Gasteiger partial charge in [-0.15, -0.1) is 0 Å². The van der Waals surface area contributed by atoms with Crippen LogP contribution in [0.5, 0.6) is 0 Å². The van der Waals surface area contributed by atoms with Crippen molar-refractivity contribution >= 4 is 29.6 Å². The van der Waals surface area contributed by atoms with E-state index in [2.05, 4.69) is 0 Å². The van der Waals surface area contributed by atoms with Crippen LogP contribution in [-0.4, -0.2) is 243 Å². The molecule has 4 fully saturated rings. The number of aliphatic hydroxyl groups is 13. The number of carbonyl (C=O) groups is 4. The van der Waals surface area contributed by atoms with Crippen LogP contribution in [0.2, 0.25) is 0 Å². The van der Waals surface area contributed by atoms with Crippen molar-refractivity contribution in [3.63, 3.8) is 0 Å². The van der Waals surface area contributed by atoms with E-state index in [1.54, 1.807) is 99.6 Å². The molecule has 7 rings (SSSR count). The lowest BCUT2D eigenvalue weighted by molar-refractivity contribution is -0.290. The number of carbonyl (C=O) groups excluding carboxylic acids is 4. The Balaban J connectivity index is 0.924. The predicted molar refractivity (Wildman–Crippen MR) is 364 cm³/mol. The normalized spacial score (nSPS) is 40.5. The van der Waals surface area contributed by atoms with Crippen molar-refractivity contribution in [3.8, 4) is 0 Å². The molecular formula is C75H116O25. The number of ketones is 2. The highest BCUT2D eigenvalue weighted by atomic mass is 16.7. The van der Waals surface area contributed by atoms with Crippen molar-refractivity contribution in [1.82, 2.24) is 0 Å². The van der Waals surface area contributed by atoms with Gasteiger partial charge in [0.15, 0.2) is 24.1 Å². The van der Waals surface area contributed by atoms with Gasteiger partial charge in [-0.2, -0.15) is 0 Å². The zero-order chi connectivity index (χ0) is 73.9. The maximum Gasteiger partial charge on any atom is 0.330 e. The molecule has 100 heavy (non-hydrogen) atoms. The van der Waals surface area contributed by atoms with Crippen LogP contribution in [0.3, 0.4) is 0 Å². The number of methoxy groups -OCH3 is 1. The molecule has 3 saturated heterocycles. The Morgan fingerprint density at radius 1 is 0.660 bits per heavy atom. The van der Waals surface area contributed by atoms with Crippen LogP contribution < -0.4 is 0 Å². The highest BCUT2D eigenvalue weighted by Gasteiger charge is 2.55. The maximum absolute atomic E-state index is 13.8. The summed E-state index contributed by atoms with van der Waals surface area (Å²) < 4.78 is 49.1. The second-order valence-electron chi connectivity index (χ2n) is 30.1. The van der Waals surface area contributed by atoms with E-state index in [4.69, 9.17) is 37.9 Å². The largest absolute Gasteiger partial charge is 0.459 e. The molecule has 0 aromatic heterocycles. The Morgan fingerprint density at radius 2 is 1.30 bits per heavy atom. The van der Waals surface area contributed by atoms with Gasteiger partial charge in [0, 0.05) is 79.6 Å². The van der Waals surface area contributed by atoms with Gasteiger partial charge in [-0.25, -0.2) is 4.79 Å². The van der Waals surface area contributed by atoms with Gasteiger partial charge in [0.2, 0.25) is 0 Å². The Hall–Kier alpha value is -4.30. The summed E-state index contributed by atoms with van der Waals surface area (Å²) >= 11 is 0. The lowest BCUT2D eigenvalue weighted by Gasteiger charge is -2.48. The summed E-state index contributed by atoms with van der Waals surface area (Å²) in [5.41, 5.74) is -0.682. The number of aliphatic hydroxyl groups excluding tert-OH is 12. The molecule has 4 heterocycles. The molecule has 2 bridgehead atoms. The molecule has 6 aliphatic rings. The van der Waals surface area contributed by atoms with E-state index in [0.29, 0.717) is 48.8 Å². The van der Waals surface area contributed by atoms with E-state index in [-0.39, 0.29) is 74.6 Å². The quantitative estimate of drug-likeness (QED) is 0.0625. The van der Waals surface area contributed by atoms with Gasteiger partial charge in [0.25, 0.3) is 0 Å². The third-order valence-corrected chi connectivity index (χ3v) is 22.2. The molecule has 10 unspecified atom stereocenters. The van der Waals surface area contributed by atoms with Crippen LogP contribution in [0.25, 0.3) is 6.08 Å². The average molecular weight is 1420 g/mol.